The first-order valence-corrected chi connectivity index (χ1v) is 15.7. The van der Waals surface area contributed by atoms with Gasteiger partial charge in [0.2, 0.25) is 5.91 Å². The third-order valence-electron chi connectivity index (χ3n) is 8.59. The zero-order valence-electron chi connectivity index (χ0n) is 24.7. The average Bonchev–Trinajstić information content (AvgIpc) is 3.82. The van der Waals surface area contributed by atoms with Crippen LogP contribution in [0.4, 0.5) is 10.1 Å². The Bertz CT molecular complexity index is 2000. The van der Waals surface area contributed by atoms with Gasteiger partial charge >= 0.3 is 0 Å². The van der Waals surface area contributed by atoms with Crippen molar-refractivity contribution >= 4 is 34.8 Å². The summed E-state index contributed by atoms with van der Waals surface area (Å²) in [5.74, 6) is -1.06. The molecule has 1 unspecified atom stereocenters. The van der Waals surface area contributed by atoms with Gasteiger partial charge in [-0.15, -0.1) is 5.10 Å². The minimum absolute atomic E-state index is 0.00702. The predicted octanol–water partition coefficient (Wildman–Crippen LogP) is 6.11. The number of hydrogen-bond acceptors (Lipinski definition) is 7. The largest absolute Gasteiger partial charge is 0.379 e. The van der Waals surface area contributed by atoms with Crippen LogP contribution in [0.2, 0.25) is 10.2 Å². The van der Waals surface area contributed by atoms with E-state index >= 15 is 4.39 Å². The molecule has 236 valence electrons. The van der Waals surface area contributed by atoms with Crippen molar-refractivity contribution in [1.82, 2.24) is 34.3 Å². The number of rotatable bonds is 4. The molecule has 3 atom stereocenters. The third-order valence-corrected chi connectivity index (χ3v) is 9.00. The number of benzene rings is 1. The first-order chi connectivity index (χ1) is 22.3. The topological polar surface area (TPSA) is 122 Å². The lowest BCUT2D eigenvalue weighted by atomic mass is 9.96. The van der Waals surface area contributed by atoms with Gasteiger partial charge in [0.25, 0.3) is 5.56 Å². The molecule has 2 aliphatic heterocycles. The average molecular weight is 664 g/mol. The lowest BCUT2D eigenvalue weighted by molar-refractivity contribution is -0.119. The molecule has 0 spiro atoms. The Morgan fingerprint density at radius 2 is 1.91 bits per heavy atom. The van der Waals surface area contributed by atoms with Gasteiger partial charge in [-0.05, 0) is 49.6 Å². The van der Waals surface area contributed by atoms with Gasteiger partial charge in [-0.2, -0.15) is 5.10 Å². The van der Waals surface area contributed by atoms with E-state index in [2.05, 4.69) is 25.7 Å². The number of nitrogens with one attached hydrogen (secondary N) is 1. The molecule has 0 radical (unpaired) electrons. The molecule has 11 nitrogen and oxygen atoms in total. The van der Waals surface area contributed by atoms with Gasteiger partial charge in [0.15, 0.2) is 5.15 Å². The lowest BCUT2D eigenvalue weighted by Crippen LogP contribution is -2.27. The first-order valence-electron chi connectivity index (χ1n) is 15.0. The van der Waals surface area contributed by atoms with Gasteiger partial charge in [-0.1, -0.05) is 41.8 Å². The van der Waals surface area contributed by atoms with Crippen LogP contribution in [0.5, 0.6) is 0 Å². The van der Waals surface area contributed by atoms with Crippen LogP contribution >= 0.6 is 23.2 Å². The first kappa shape index (κ1) is 30.3. The van der Waals surface area contributed by atoms with Crippen LogP contribution in [0.25, 0.3) is 28.1 Å². The summed E-state index contributed by atoms with van der Waals surface area (Å²) in [6.45, 7) is 3.01. The van der Waals surface area contributed by atoms with E-state index in [9.17, 15) is 9.59 Å². The molecule has 46 heavy (non-hydrogen) atoms. The molecule has 1 saturated heterocycles. The predicted molar refractivity (Wildman–Crippen MR) is 171 cm³/mol. The number of amides is 1. The Labute approximate surface area is 272 Å². The van der Waals surface area contributed by atoms with E-state index in [4.69, 9.17) is 27.9 Å². The number of halogens is 3. The number of fused-ring (bicyclic) bond motifs is 4. The van der Waals surface area contributed by atoms with Crippen molar-refractivity contribution in [2.75, 3.05) is 18.5 Å². The second-order valence-corrected chi connectivity index (χ2v) is 12.4. The highest BCUT2D eigenvalue weighted by Crippen LogP contribution is 2.37. The maximum Gasteiger partial charge on any atom is 0.251 e. The van der Waals surface area contributed by atoms with Crippen LogP contribution in [-0.2, 0) is 9.53 Å². The lowest BCUT2D eigenvalue weighted by Gasteiger charge is -2.23. The highest BCUT2D eigenvalue weighted by molar-refractivity contribution is 6.31. The van der Waals surface area contributed by atoms with E-state index in [1.54, 1.807) is 30.6 Å². The maximum atomic E-state index is 16.1. The smallest absolute Gasteiger partial charge is 0.251 e. The molecule has 0 aliphatic carbocycles. The second kappa shape index (κ2) is 12.4. The Morgan fingerprint density at radius 3 is 2.70 bits per heavy atom. The van der Waals surface area contributed by atoms with Crippen molar-refractivity contribution in [3.8, 4) is 28.1 Å². The molecule has 6 heterocycles. The van der Waals surface area contributed by atoms with Gasteiger partial charge in [0.05, 0.1) is 53.8 Å². The molecule has 1 aromatic carbocycles. The summed E-state index contributed by atoms with van der Waals surface area (Å²) in [6, 6.07) is 9.25. The molecule has 2 aliphatic rings. The monoisotopic (exact) mass is 662 g/mol. The Morgan fingerprint density at radius 1 is 1.04 bits per heavy atom. The zero-order valence-corrected chi connectivity index (χ0v) is 26.2. The van der Waals surface area contributed by atoms with Crippen LogP contribution in [-0.4, -0.2) is 53.4 Å². The zero-order chi connectivity index (χ0) is 31.9. The van der Waals surface area contributed by atoms with E-state index in [0.717, 1.165) is 17.7 Å². The molecule has 5 aromatic rings. The van der Waals surface area contributed by atoms with Crippen molar-refractivity contribution in [3.05, 3.63) is 93.2 Å². The Hall–Kier alpha value is -4.39. The number of carbonyl (C=O) groups is 1. The number of ether oxygens (including phenoxy) is 1. The Kier molecular flexibility index (Phi) is 8.18. The fourth-order valence-electron chi connectivity index (χ4n) is 6.20. The minimum Gasteiger partial charge on any atom is -0.379 e. The van der Waals surface area contributed by atoms with Gasteiger partial charge in [0.1, 0.15) is 5.82 Å². The number of hydrogen-bond donors (Lipinski definition) is 1. The molecular weight excluding hydrogens is 634 g/mol. The van der Waals surface area contributed by atoms with E-state index in [0.29, 0.717) is 60.1 Å². The van der Waals surface area contributed by atoms with E-state index in [-0.39, 0.29) is 28.6 Å². The molecule has 2 bridgehead atoms. The normalized spacial score (nSPS) is 20.1. The van der Waals surface area contributed by atoms with E-state index in [1.807, 2.05) is 23.7 Å². The van der Waals surface area contributed by atoms with Crippen LogP contribution in [0.15, 0.2) is 66.0 Å². The van der Waals surface area contributed by atoms with Gasteiger partial charge in [0, 0.05) is 52.7 Å². The summed E-state index contributed by atoms with van der Waals surface area (Å²) < 4.78 is 26.4. The fraction of sp³-hybridized carbons (Fsp3) is 0.312. The summed E-state index contributed by atoms with van der Waals surface area (Å²) in [7, 11) is 0. The molecule has 4 aromatic heterocycles. The van der Waals surface area contributed by atoms with Crippen molar-refractivity contribution < 1.29 is 13.9 Å². The maximum absolute atomic E-state index is 16.1. The molecule has 1 N–H and O–H groups in total. The fourth-order valence-corrected chi connectivity index (χ4v) is 6.50. The Balaban J connectivity index is 1.34. The minimum atomic E-state index is -0.633. The van der Waals surface area contributed by atoms with Crippen molar-refractivity contribution in [3.63, 3.8) is 0 Å². The highest BCUT2D eigenvalue weighted by Gasteiger charge is 2.28. The van der Waals surface area contributed by atoms with E-state index in [1.165, 1.54) is 27.7 Å². The number of pyridine rings is 2. The standard InChI is InChI=1S/C32H29Cl2FN8O3/c1-18-3-2-4-28(25-11-19(7-9-36-25)31-26(38-32(18)45)14-37-43(31)21-8-10-46-17-21)41-15-24(35)22(13-30(41)44)23-12-20(33)5-6-27(23)42-16-29(34)39-40-42/h5-7,9,11-16,18,21,28H,2-4,8,10,17H2,1H3,(H,38,45)/t18-,21?,28+/m1/s1. The summed E-state index contributed by atoms with van der Waals surface area (Å²) >= 11 is 12.3. The van der Waals surface area contributed by atoms with Crippen LogP contribution < -0.4 is 10.9 Å². The number of anilines is 1. The summed E-state index contributed by atoms with van der Waals surface area (Å²) in [5.41, 5.74) is 3.11. The van der Waals surface area contributed by atoms with Crippen LogP contribution in [0.1, 0.15) is 50.4 Å². The van der Waals surface area contributed by atoms with E-state index < -0.39 is 17.4 Å². The summed E-state index contributed by atoms with van der Waals surface area (Å²) in [4.78, 5) is 31.7. The number of aromatic nitrogens is 7. The highest BCUT2D eigenvalue weighted by atomic mass is 35.5. The van der Waals surface area contributed by atoms with Crippen molar-refractivity contribution in [2.24, 2.45) is 5.92 Å². The van der Waals surface area contributed by atoms with Crippen molar-refractivity contribution in [1.29, 1.82) is 0 Å². The number of nitrogens with zero attached hydrogens (tertiary/aromatic N) is 7. The molecule has 1 fully saturated rings. The van der Waals surface area contributed by atoms with Crippen molar-refractivity contribution in [2.45, 2.75) is 44.7 Å². The molecular formula is C32H29Cl2FN8O3. The molecule has 0 saturated carbocycles. The van der Waals surface area contributed by atoms with Crippen LogP contribution in [0, 0.1) is 11.7 Å². The molecule has 14 heteroatoms. The second-order valence-electron chi connectivity index (χ2n) is 11.6. The number of carbonyl (C=O) groups excluding carboxylic acids is 1. The van der Waals surface area contributed by atoms with Gasteiger partial charge in [-0.3, -0.25) is 19.3 Å². The third kappa shape index (κ3) is 5.72. The summed E-state index contributed by atoms with van der Waals surface area (Å²) in [6.07, 6.45) is 8.42. The summed E-state index contributed by atoms with van der Waals surface area (Å²) in [5, 5.41) is 16.0. The van der Waals surface area contributed by atoms with Gasteiger partial charge in [-0.25, -0.2) is 9.07 Å². The van der Waals surface area contributed by atoms with Crippen LogP contribution in [0.3, 0.4) is 0 Å². The molecule has 7 rings (SSSR count). The quantitative estimate of drug-likeness (QED) is 0.246. The molecule has 1 amide bonds. The SMILES string of the molecule is C[C@@H]1CCC[C@H](n2cc(F)c(-c3cc(Cl)ccc3-n3cc(Cl)nn3)cc2=O)c2cc(ccn2)-c2c(cnn2C2CCOC2)NC1=O. The van der Waals surface area contributed by atoms with Gasteiger partial charge < -0.3 is 14.6 Å².